The van der Waals surface area contributed by atoms with E-state index in [-0.39, 0.29) is 31.2 Å². The zero-order valence-corrected chi connectivity index (χ0v) is 30.7. The molecule has 0 aliphatic heterocycles. The van der Waals surface area contributed by atoms with E-state index in [0.29, 0.717) is 33.5 Å². The molecule has 47 heavy (non-hydrogen) atoms. The Morgan fingerprint density at radius 3 is 2.17 bits per heavy atom. The summed E-state index contributed by atoms with van der Waals surface area (Å²) in [4.78, 5) is 8.89. The molecule has 0 amide bonds. The molecule has 6 aromatic rings. The van der Waals surface area contributed by atoms with Crippen LogP contribution in [0.5, 0.6) is 0 Å². The average Bonchev–Trinajstić information content (AvgIpc) is 3.14. The molecule has 2 nitrogen and oxygen atoms in total. The minimum absolute atomic E-state index is 0. The van der Waals surface area contributed by atoms with Crippen molar-refractivity contribution < 1.29 is 32.4 Å². The average molecular weight is 818 g/mol. The first kappa shape index (κ1) is 25.1. The second-order valence-corrected chi connectivity index (χ2v) is 17.4. The van der Waals surface area contributed by atoms with Gasteiger partial charge in [-0.2, -0.15) is 0 Å². The Bertz CT molecular complexity index is 2230. The number of benzene rings is 4. The van der Waals surface area contributed by atoms with Gasteiger partial charge < -0.3 is 9.97 Å². The Labute approximate surface area is 309 Å². The molecule has 2 aromatic heterocycles. The molecule has 1 radical (unpaired) electrons. The third-order valence-corrected chi connectivity index (χ3v) is 9.52. The fourth-order valence-electron chi connectivity index (χ4n) is 4.94. The van der Waals surface area contributed by atoms with Crippen LogP contribution < -0.4 is 5.19 Å². The van der Waals surface area contributed by atoms with E-state index >= 15 is 0 Å². The second-order valence-electron chi connectivity index (χ2n) is 12.3. The number of nitrogens with zero attached hydrogens (tertiary/aromatic N) is 2. The molecule has 0 aliphatic rings. The van der Waals surface area contributed by atoms with Gasteiger partial charge in [0.25, 0.3) is 0 Å². The monoisotopic (exact) mass is 818 g/mol. The first-order chi connectivity index (χ1) is 25.5. The van der Waals surface area contributed by atoms with Crippen molar-refractivity contribution in [1.82, 2.24) is 9.97 Å². The van der Waals surface area contributed by atoms with Crippen molar-refractivity contribution in [2.75, 3.05) is 0 Å². The number of aromatic nitrogens is 2. The summed E-state index contributed by atoms with van der Waals surface area (Å²) in [6.45, 7) is 5.64. The first-order valence-corrected chi connectivity index (χ1v) is 18.7. The van der Waals surface area contributed by atoms with Gasteiger partial charge in [-0.3, -0.25) is 0 Å². The normalized spacial score (nSPS) is 14.9. The van der Waals surface area contributed by atoms with E-state index in [2.05, 4.69) is 53.9 Å². The van der Waals surface area contributed by atoms with Crippen LogP contribution >= 0.6 is 0 Å². The SMILES string of the molecule is [2H]C([2H])([2H])c1cc(-c2cc[c-]c(-c3cc(C([2H])(C)C)ccn3)c2)cc(C([2H])([2H])[2H])c1.[2H]C([2H])(c1ccccc1)c1ccc[c-]c1-c1cc([Si](C)(C)C)ccn1.[Ir]. The summed E-state index contributed by atoms with van der Waals surface area (Å²) < 4.78 is 71.9. The number of hydrogen-bond donors (Lipinski definition) is 0. The fourth-order valence-corrected chi connectivity index (χ4v) is 6.09. The molecule has 6 rings (SSSR count). The molecule has 0 aliphatic carbocycles. The van der Waals surface area contributed by atoms with E-state index in [1.54, 1.807) is 44.3 Å². The van der Waals surface area contributed by atoms with Gasteiger partial charge in [-0.1, -0.05) is 122 Å². The first-order valence-electron chi connectivity index (χ1n) is 19.7. The smallest absolute Gasteiger partial charge is 0.0767 e. The van der Waals surface area contributed by atoms with Crippen LogP contribution in [0, 0.1) is 25.8 Å². The molecule has 0 saturated heterocycles. The van der Waals surface area contributed by atoms with Crippen molar-refractivity contribution in [3.63, 3.8) is 0 Å². The van der Waals surface area contributed by atoms with Crippen LogP contribution in [-0.2, 0) is 26.5 Å². The predicted octanol–water partition coefficient (Wildman–Crippen LogP) is 10.6. The van der Waals surface area contributed by atoms with E-state index < -0.39 is 34.0 Å². The van der Waals surface area contributed by atoms with Crippen LogP contribution in [0.15, 0.2) is 122 Å². The van der Waals surface area contributed by atoms with Gasteiger partial charge in [-0.05, 0) is 55.1 Å². The summed E-state index contributed by atoms with van der Waals surface area (Å²) >= 11 is 0. The van der Waals surface area contributed by atoms with Gasteiger partial charge in [0.05, 0.1) is 8.07 Å². The minimum Gasteiger partial charge on any atom is -0.305 e. The summed E-state index contributed by atoms with van der Waals surface area (Å²) in [5, 5.41) is 1.31. The van der Waals surface area contributed by atoms with E-state index in [4.69, 9.17) is 12.3 Å². The van der Waals surface area contributed by atoms with Crippen molar-refractivity contribution in [3.8, 4) is 33.6 Å². The van der Waals surface area contributed by atoms with E-state index in [1.807, 2.05) is 60.8 Å². The molecule has 0 spiro atoms. The van der Waals surface area contributed by atoms with Gasteiger partial charge in [-0.25, -0.2) is 0 Å². The molecule has 0 bridgehead atoms. The summed E-state index contributed by atoms with van der Waals surface area (Å²) in [7, 11) is -1.47. The van der Waals surface area contributed by atoms with Crippen molar-refractivity contribution in [3.05, 3.63) is 162 Å². The number of hydrogen-bond acceptors (Lipinski definition) is 2. The van der Waals surface area contributed by atoms with Crippen LogP contribution in [0.25, 0.3) is 33.6 Å². The Hall–Kier alpha value is -3.95. The fraction of sp³-hybridized carbons (Fsp3) is 0.209. The van der Waals surface area contributed by atoms with Crippen LogP contribution in [0.1, 0.15) is 59.9 Å². The van der Waals surface area contributed by atoms with Crippen LogP contribution in [0.3, 0.4) is 0 Å². The van der Waals surface area contributed by atoms with Crippen LogP contribution in [-0.4, -0.2) is 18.0 Å². The number of pyridine rings is 2. The van der Waals surface area contributed by atoms with Crippen molar-refractivity contribution in [2.45, 2.75) is 59.5 Å². The van der Waals surface area contributed by atoms with Gasteiger partial charge >= 0.3 is 0 Å². The van der Waals surface area contributed by atoms with Gasteiger partial charge in [0.2, 0.25) is 0 Å². The number of rotatable bonds is 7. The molecule has 0 saturated carbocycles. The molecular formula is C43H44IrN2Si-2. The van der Waals surface area contributed by atoms with Gasteiger partial charge in [0.1, 0.15) is 0 Å². The van der Waals surface area contributed by atoms with Crippen molar-refractivity contribution in [1.29, 1.82) is 0 Å². The zero-order chi connectivity index (χ0) is 40.4. The maximum absolute atomic E-state index is 8.70. The Morgan fingerprint density at radius 2 is 1.47 bits per heavy atom. The molecule has 0 atom stereocenters. The number of aryl methyl sites for hydroxylation is 2. The van der Waals surface area contributed by atoms with E-state index in [0.717, 1.165) is 16.8 Å². The molecule has 0 unspecified atom stereocenters. The largest absolute Gasteiger partial charge is 0.305 e. The Morgan fingerprint density at radius 1 is 0.745 bits per heavy atom. The third kappa shape index (κ3) is 9.78. The molecule has 241 valence electrons. The molecule has 0 fully saturated rings. The van der Waals surface area contributed by atoms with E-state index in [9.17, 15) is 0 Å². The van der Waals surface area contributed by atoms with Crippen LogP contribution in [0.4, 0.5) is 0 Å². The topological polar surface area (TPSA) is 25.8 Å². The standard InChI is InChI=1S/C22H22N.C21H22NSi.Ir/c1-15(2)18-8-9-23-22(14-18)20-7-5-6-19(13-20)21-11-16(3)10-17(4)12-21;1-23(2,3)19-13-14-22-21(16-19)20-12-8-7-11-18(20)15-17-9-5-4-6-10-17;/h5-6,8-15H,1-4H3;4-11,13-14,16H,15H2,1-3H3;/q2*-1;/i3D3,4D3,15D;15D2;. The second kappa shape index (κ2) is 16.2. The maximum Gasteiger partial charge on any atom is 0.0767 e. The Kier molecular flexibility index (Phi) is 8.68. The van der Waals surface area contributed by atoms with Crippen molar-refractivity contribution in [2.24, 2.45) is 0 Å². The van der Waals surface area contributed by atoms with Crippen LogP contribution in [0.2, 0.25) is 19.6 Å². The predicted molar refractivity (Wildman–Crippen MR) is 198 cm³/mol. The zero-order valence-electron chi connectivity index (χ0n) is 36.3. The Balaban J connectivity index is 0.000000248. The van der Waals surface area contributed by atoms with Gasteiger partial charge in [0.15, 0.2) is 0 Å². The minimum atomic E-state index is -2.42. The summed E-state index contributed by atoms with van der Waals surface area (Å²) in [5.41, 5.74) is 6.00. The molecule has 4 heteroatoms. The van der Waals surface area contributed by atoms with Gasteiger partial charge in [-0.15, -0.1) is 70.8 Å². The molecule has 4 aromatic carbocycles. The van der Waals surface area contributed by atoms with Crippen molar-refractivity contribution >= 4 is 13.3 Å². The van der Waals surface area contributed by atoms with Gasteiger partial charge in [0, 0.05) is 44.8 Å². The molecule has 0 N–H and O–H groups in total. The summed E-state index contributed by atoms with van der Waals surface area (Å²) in [6, 6.07) is 38.4. The third-order valence-electron chi connectivity index (χ3n) is 7.47. The molecular weight excluding hydrogens is 765 g/mol. The molecule has 2 heterocycles. The summed E-state index contributed by atoms with van der Waals surface area (Å²) in [5.74, 6) is -0.780. The van der Waals surface area contributed by atoms with E-state index in [1.165, 1.54) is 23.4 Å². The maximum atomic E-state index is 8.70. The quantitative estimate of drug-likeness (QED) is 0.118. The summed E-state index contributed by atoms with van der Waals surface area (Å²) in [6.07, 6.45) is 1.86.